The van der Waals surface area contributed by atoms with Gasteiger partial charge in [0.1, 0.15) is 5.82 Å². The van der Waals surface area contributed by atoms with Crippen LogP contribution in [0, 0.1) is 5.82 Å². The molecule has 1 amide bonds. The van der Waals surface area contributed by atoms with E-state index >= 15 is 0 Å². The van der Waals surface area contributed by atoms with Gasteiger partial charge in [0, 0.05) is 20.0 Å². The van der Waals surface area contributed by atoms with Gasteiger partial charge in [0.2, 0.25) is 5.91 Å². The van der Waals surface area contributed by atoms with Gasteiger partial charge < -0.3 is 5.11 Å². The number of hydrazine groups is 1. The first kappa shape index (κ1) is 12.0. The van der Waals surface area contributed by atoms with Crippen LogP contribution in [-0.4, -0.2) is 41.2 Å². The molecule has 1 unspecified atom stereocenters. The number of β-amino-alcohol motifs (C(OH)–C–C–N with tert-alkyl or cyclic N) is 1. The summed E-state index contributed by atoms with van der Waals surface area (Å²) in [5.41, 5.74) is 0.760. The largest absolute Gasteiger partial charge is 0.395 e. The van der Waals surface area contributed by atoms with E-state index in [0.717, 1.165) is 5.56 Å². The van der Waals surface area contributed by atoms with E-state index in [2.05, 4.69) is 0 Å². The Bertz CT molecular complexity index is 425. The van der Waals surface area contributed by atoms with Gasteiger partial charge in [-0.15, -0.1) is 0 Å². The maximum Gasteiger partial charge on any atom is 0.238 e. The highest BCUT2D eigenvalue weighted by Gasteiger charge is 2.35. The molecule has 4 nitrogen and oxygen atoms in total. The van der Waals surface area contributed by atoms with E-state index in [1.54, 1.807) is 24.2 Å². The highest BCUT2D eigenvalue weighted by Crippen LogP contribution is 2.31. The van der Waals surface area contributed by atoms with Crippen LogP contribution in [0.25, 0.3) is 0 Å². The number of carbonyl (C=O) groups excluding carboxylic acids is 1. The van der Waals surface area contributed by atoms with Crippen LogP contribution in [0.1, 0.15) is 18.0 Å². The van der Waals surface area contributed by atoms with Crippen LogP contribution >= 0.6 is 0 Å². The maximum atomic E-state index is 13.2. The minimum Gasteiger partial charge on any atom is -0.395 e. The molecule has 0 spiro atoms. The molecule has 0 radical (unpaired) electrons. The molecule has 1 aromatic carbocycles. The second kappa shape index (κ2) is 4.81. The van der Waals surface area contributed by atoms with E-state index in [0.29, 0.717) is 13.0 Å². The topological polar surface area (TPSA) is 43.8 Å². The van der Waals surface area contributed by atoms with Gasteiger partial charge in [0.15, 0.2) is 0 Å². The quantitative estimate of drug-likeness (QED) is 0.852. The van der Waals surface area contributed by atoms with Crippen LogP contribution in [0.3, 0.4) is 0 Å². The Balaban J connectivity index is 2.27. The van der Waals surface area contributed by atoms with Crippen molar-refractivity contribution >= 4 is 5.91 Å². The molecule has 1 aliphatic rings. The van der Waals surface area contributed by atoms with E-state index in [-0.39, 0.29) is 24.4 Å². The summed E-state index contributed by atoms with van der Waals surface area (Å²) in [6, 6.07) is 6.05. The van der Waals surface area contributed by atoms with Gasteiger partial charge in [-0.25, -0.2) is 9.40 Å². The molecule has 92 valence electrons. The SMILES string of the molecule is CN1C(=O)CC(c2cccc(F)c2)N1CCO. The van der Waals surface area contributed by atoms with Gasteiger partial charge in [-0.05, 0) is 17.7 Å². The average Bonchev–Trinajstić information content (AvgIpc) is 2.58. The molecule has 0 aliphatic carbocycles. The minimum atomic E-state index is -0.312. The second-order valence-electron chi connectivity index (χ2n) is 4.08. The molecule has 0 aromatic heterocycles. The number of aliphatic hydroxyl groups is 1. The fraction of sp³-hybridized carbons (Fsp3) is 0.417. The number of nitrogens with zero attached hydrogens (tertiary/aromatic N) is 2. The fourth-order valence-corrected chi connectivity index (χ4v) is 2.17. The normalized spacial score (nSPS) is 21.2. The Morgan fingerprint density at radius 2 is 2.29 bits per heavy atom. The van der Waals surface area contributed by atoms with Crippen LogP contribution in [-0.2, 0) is 4.79 Å². The predicted octanol–water partition coefficient (Wildman–Crippen LogP) is 0.938. The summed E-state index contributed by atoms with van der Waals surface area (Å²) in [6.07, 6.45) is 0.319. The van der Waals surface area contributed by atoms with E-state index in [9.17, 15) is 9.18 Å². The van der Waals surface area contributed by atoms with Crippen LogP contribution in [0.5, 0.6) is 0 Å². The predicted molar refractivity (Wildman–Crippen MR) is 60.3 cm³/mol. The number of halogens is 1. The van der Waals surface area contributed by atoms with Crippen molar-refractivity contribution in [3.05, 3.63) is 35.6 Å². The Hall–Kier alpha value is -1.46. The van der Waals surface area contributed by atoms with E-state index < -0.39 is 0 Å². The third-order valence-electron chi connectivity index (χ3n) is 3.04. The molecular weight excluding hydrogens is 223 g/mol. The first-order valence-electron chi connectivity index (χ1n) is 5.53. The Kier molecular flexibility index (Phi) is 3.40. The summed E-state index contributed by atoms with van der Waals surface area (Å²) in [7, 11) is 1.66. The number of hydrogen-bond donors (Lipinski definition) is 1. The summed E-state index contributed by atoms with van der Waals surface area (Å²) < 4.78 is 13.2. The van der Waals surface area contributed by atoms with Crippen LogP contribution in [0.15, 0.2) is 24.3 Å². The molecule has 1 atom stereocenters. The van der Waals surface area contributed by atoms with Crippen LogP contribution in [0.2, 0.25) is 0 Å². The Morgan fingerprint density at radius 1 is 1.53 bits per heavy atom. The third-order valence-corrected chi connectivity index (χ3v) is 3.04. The molecule has 0 bridgehead atoms. The number of hydrogen-bond acceptors (Lipinski definition) is 3. The van der Waals surface area contributed by atoms with Crippen LogP contribution < -0.4 is 0 Å². The highest BCUT2D eigenvalue weighted by atomic mass is 19.1. The lowest BCUT2D eigenvalue weighted by Gasteiger charge is -2.28. The van der Waals surface area contributed by atoms with Crippen LogP contribution in [0.4, 0.5) is 4.39 Å². The maximum absolute atomic E-state index is 13.2. The lowest BCUT2D eigenvalue weighted by molar-refractivity contribution is -0.136. The van der Waals surface area contributed by atoms with Crippen molar-refractivity contribution in [3.63, 3.8) is 0 Å². The molecule has 5 heteroatoms. The molecule has 1 N–H and O–H groups in total. The number of aliphatic hydroxyl groups excluding tert-OH is 1. The van der Waals surface area contributed by atoms with Crippen molar-refractivity contribution in [2.75, 3.05) is 20.2 Å². The minimum absolute atomic E-state index is 0.0206. The molecule has 1 heterocycles. The number of benzene rings is 1. The van der Waals surface area contributed by atoms with Crippen molar-refractivity contribution in [1.29, 1.82) is 0 Å². The first-order chi connectivity index (χ1) is 8.13. The zero-order valence-corrected chi connectivity index (χ0v) is 9.64. The van der Waals surface area contributed by atoms with Gasteiger partial charge in [-0.3, -0.25) is 9.80 Å². The summed E-state index contributed by atoms with van der Waals surface area (Å²) >= 11 is 0. The van der Waals surface area contributed by atoms with Crippen molar-refractivity contribution < 1.29 is 14.3 Å². The lowest BCUT2D eigenvalue weighted by atomic mass is 10.0. The van der Waals surface area contributed by atoms with E-state index in [4.69, 9.17) is 5.11 Å². The Morgan fingerprint density at radius 3 is 2.94 bits per heavy atom. The number of amides is 1. The third kappa shape index (κ3) is 2.30. The molecular formula is C12H15FN2O2. The summed E-state index contributed by atoms with van der Waals surface area (Å²) in [6.45, 7) is 0.326. The molecule has 1 aromatic rings. The van der Waals surface area contributed by atoms with E-state index in [1.165, 1.54) is 17.1 Å². The monoisotopic (exact) mass is 238 g/mol. The smallest absolute Gasteiger partial charge is 0.238 e. The summed E-state index contributed by atoms with van der Waals surface area (Å²) in [5.74, 6) is -0.332. The summed E-state index contributed by atoms with van der Waals surface area (Å²) in [4.78, 5) is 11.6. The number of carbonyl (C=O) groups is 1. The van der Waals surface area contributed by atoms with Gasteiger partial charge in [0.05, 0.1) is 12.6 Å². The molecule has 1 fully saturated rings. The average molecular weight is 238 g/mol. The van der Waals surface area contributed by atoms with Crippen molar-refractivity contribution in [2.45, 2.75) is 12.5 Å². The van der Waals surface area contributed by atoms with Gasteiger partial charge in [0.25, 0.3) is 0 Å². The molecule has 2 rings (SSSR count). The zero-order valence-electron chi connectivity index (χ0n) is 9.64. The fourth-order valence-electron chi connectivity index (χ4n) is 2.17. The Labute approximate surface area is 99.2 Å². The van der Waals surface area contributed by atoms with Crippen molar-refractivity contribution in [2.24, 2.45) is 0 Å². The first-order valence-corrected chi connectivity index (χ1v) is 5.53. The van der Waals surface area contributed by atoms with Gasteiger partial charge >= 0.3 is 0 Å². The second-order valence-corrected chi connectivity index (χ2v) is 4.08. The molecule has 1 saturated heterocycles. The van der Waals surface area contributed by atoms with Crippen molar-refractivity contribution in [1.82, 2.24) is 10.0 Å². The molecule has 1 aliphatic heterocycles. The lowest BCUT2D eigenvalue weighted by Crippen LogP contribution is -2.38. The molecule has 0 saturated carbocycles. The zero-order chi connectivity index (χ0) is 12.4. The van der Waals surface area contributed by atoms with E-state index in [1.807, 2.05) is 0 Å². The highest BCUT2D eigenvalue weighted by molar-refractivity contribution is 5.78. The summed E-state index contributed by atoms with van der Waals surface area (Å²) in [5, 5.41) is 12.2. The standard InChI is InChI=1S/C12H15FN2O2/c1-14-12(17)8-11(15(14)5-6-16)9-3-2-4-10(13)7-9/h2-4,7,11,16H,5-6,8H2,1H3. The molecule has 17 heavy (non-hydrogen) atoms. The van der Waals surface area contributed by atoms with Gasteiger partial charge in [-0.1, -0.05) is 12.1 Å². The number of rotatable bonds is 3. The van der Waals surface area contributed by atoms with Crippen molar-refractivity contribution in [3.8, 4) is 0 Å². The van der Waals surface area contributed by atoms with Gasteiger partial charge in [-0.2, -0.15) is 0 Å².